The second kappa shape index (κ2) is 7.48. The summed E-state index contributed by atoms with van der Waals surface area (Å²) in [6, 6.07) is 1.16. The number of rotatable bonds is 8. The molecular formula is C11H16F2N2O4S. The molecule has 0 heterocycles. The lowest BCUT2D eigenvalue weighted by Crippen LogP contribution is -2.28. The molecule has 0 saturated carbocycles. The third kappa shape index (κ3) is 4.67. The number of nitrogen functional groups attached to an aromatic ring is 1. The van der Waals surface area contributed by atoms with E-state index in [9.17, 15) is 17.2 Å². The molecule has 0 bridgehead atoms. The Bertz CT molecular complexity index is 552. The van der Waals surface area contributed by atoms with E-state index in [1.54, 1.807) is 0 Å². The van der Waals surface area contributed by atoms with Crippen LogP contribution in [0.5, 0.6) is 0 Å². The van der Waals surface area contributed by atoms with Crippen molar-refractivity contribution in [3.8, 4) is 0 Å². The van der Waals surface area contributed by atoms with E-state index in [0.29, 0.717) is 19.3 Å². The van der Waals surface area contributed by atoms with Crippen LogP contribution in [0.1, 0.15) is 0 Å². The summed E-state index contributed by atoms with van der Waals surface area (Å²) in [6.07, 6.45) is 0. The Kier molecular flexibility index (Phi) is 6.27. The monoisotopic (exact) mass is 310 g/mol. The van der Waals surface area contributed by atoms with Crippen molar-refractivity contribution in [2.45, 2.75) is 4.90 Å². The van der Waals surface area contributed by atoms with Gasteiger partial charge >= 0.3 is 0 Å². The highest BCUT2D eigenvalue weighted by Gasteiger charge is 2.20. The van der Waals surface area contributed by atoms with Gasteiger partial charge in [-0.05, 0) is 6.07 Å². The van der Waals surface area contributed by atoms with Crippen molar-refractivity contribution < 1.29 is 26.7 Å². The van der Waals surface area contributed by atoms with Crippen molar-refractivity contribution in [1.29, 1.82) is 0 Å². The standard InChI is InChI=1S/C11H16F2N2O4S/c1-18-4-5-19-3-2-15-20(16,17)11-7-10(14)8(12)6-9(11)13/h6-7,15H,2-5,14H2,1H3. The normalized spacial score (nSPS) is 11.8. The molecule has 1 rings (SSSR count). The number of ether oxygens (including phenoxy) is 2. The van der Waals surface area contributed by atoms with Gasteiger partial charge in [-0.2, -0.15) is 0 Å². The molecule has 0 aliphatic rings. The van der Waals surface area contributed by atoms with Crippen molar-refractivity contribution in [2.24, 2.45) is 0 Å². The fourth-order valence-electron chi connectivity index (χ4n) is 1.32. The summed E-state index contributed by atoms with van der Waals surface area (Å²) < 4.78 is 61.9. The predicted octanol–water partition coefficient (Wildman–Crippen LogP) is 0.488. The molecule has 1 aromatic carbocycles. The van der Waals surface area contributed by atoms with Crippen LogP contribution in [-0.4, -0.2) is 41.9 Å². The summed E-state index contributed by atoms with van der Waals surface area (Å²) in [5.41, 5.74) is 4.78. The van der Waals surface area contributed by atoms with Crippen LogP contribution in [0.25, 0.3) is 0 Å². The quantitative estimate of drug-likeness (QED) is 0.538. The third-order valence-electron chi connectivity index (χ3n) is 2.31. The number of anilines is 1. The molecule has 0 spiro atoms. The van der Waals surface area contributed by atoms with Crippen LogP contribution >= 0.6 is 0 Å². The van der Waals surface area contributed by atoms with E-state index >= 15 is 0 Å². The van der Waals surface area contributed by atoms with E-state index in [1.807, 2.05) is 0 Å². The molecule has 0 saturated heterocycles. The van der Waals surface area contributed by atoms with Gasteiger partial charge in [0, 0.05) is 19.7 Å². The lowest BCUT2D eigenvalue weighted by molar-refractivity contribution is 0.0736. The van der Waals surface area contributed by atoms with E-state index in [4.69, 9.17) is 15.2 Å². The number of methoxy groups -OCH3 is 1. The number of hydrogen-bond donors (Lipinski definition) is 2. The second-order valence-corrected chi connectivity index (χ2v) is 5.54. The van der Waals surface area contributed by atoms with Crippen LogP contribution in [-0.2, 0) is 19.5 Å². The minimum absolute atomic E-state index is 0.0528. The molecule has 0 aromatic heterocycles. The summed E-state index contributed by atoms with van der Waals surface area (Å²) in [5.74, 6) is -2.21. The Balaban J connectivity index is 2.63. The predicted molar refractivity (Wildman–Crippen MR) is 68.7 cm³/mol. The van der Waals surface area contributed by atoms with Gasteiger partial charge in [-0.3, -0.25) is 0 Å². The molecule has 0 fully saturated rings. The summed E-state index contributed by atoms with van der Waals surface area (Å²) in [4.78, 5) is -0.701. The van der Waals surface area contributed by atoms with E-state index in [-0.39, 0.29) is 13.2 Å². The van der Waals surface area contributed by atoms with Gasteiger partial charge in [0.2, 0.25) is 10.0 Å². The van der Waals surface area contributed by atoms with Crippen LogP contribution in [0, 0.1) is 11.6 Å². The van der Waals surface area contributed by atoms with Crippen LogP contribution in [0.3, 0.4) is 0 Å². The van der Waals surface area contributed by atoms with Gasteiger partial charge in [0.1, 0.15) is 16.5 Å². The highest BCUT2D eigenvalue weighted by atomic mass is 32.2. The Labute approximate surface area is 115 Å². The Morgan fingerprint density at radius 2 is 1.90 bits per heavy atom. The maximum absolute atomic E-state index is 13.4. The number of benzene rings is 1. The summed E-state index contributed by atoms with van der Waals surface area (Å²) in [5, 5.41) is 0. The van der Waals surface area contributed by atoms with E-state index < -0.39 is 32.2 Å². The third-order valence-corrected chi connectivity index (χ3v) is 3.79. The zero-order valence-corrected chi connectivity index (χ0v) is 11.7. The van der Waals surface area contributed by atoms with Crippen LogP contribution in [0.4, 0.5) is 14.5 Å². The van der Waals surface area contributed by atoms with Crippen molar-refractivity contribution >= 4 is 15.7 Å². The van der Waals surface area contributed by atoms with Crippen molar-refractivity contribution in [3.63, 3.8) is 0 Å². The van der Waals surface area contributed by atoms with Gasteiger partial charge in [0.05, 0.1) is 25.5 Å². The molecule has 9 heteroatoms. The number of sulfonamides is 1. The Morgan fingerprint density at radius 3 is 2.55 bits per heavy atom. The second-order valence-electron chi connectivity index (χ2n) is 3.81. The number of nitrogens with one attached hydrogen (secondary N) is 1. The van der Waals surface area contributed by atoms with Crippen molar-refractivity contribution in [2.75, 3.05) is 39.2 Å². The lowest BCUT2D eigenvalue weighted by atomic mass is 10.3. The smallest absolute Gasteiger partial charge is 0.243 e. The number of halogens is 2. The molecule has 20 heavy (non-hydrogen) atoms. The van der Waals surface area contributed by atoms with Gasteiger partial charge in [0.25, 0.3) is 0 Å². The van der Waals surface area contributed by atoms with Gasteiger partial charge in [0.15, 0.2) is 0 Å². The molecule has 0 atom stereocenters. The van der Waals surface area contributed by atoms with Crippen LogP contribution in [0.2, 0.25) is 0 Å². The largest absolute Gasteiger partial charge is 0.396 e. The molecule has 6 nitrogen and oxygen atoms in total. The van der Waals surface area contributed by atoms with E-state index in [0.717, 1.165) is 6.07 Å². The zero-order chi connectivity index (χ0) is 15.2. The lowest BCUT2D eigenvalue weighted by Gasteiger charge is -2.09. The fraction of sp³-hybridized carbons (Fsp3) is 0.455. The first-order chi connectivity index (χ1) is 9.38. The van der Waals surface area contributed by atoms with Gasteiger partial charge < -0.3 is 15.2 Å². The average Bonchev–Trinajstić information content (AvgIpc) is 2.37. The molecule has 0 aliphatic carbocycles. The Morgan fingerprint density at radius 1 is 1.20 bits per heavy atom. The minimum atomic E-state index is -4.11. The zero-order valence-electron chi connectivity index (χ0n) is 10.9. The molecule has 0 radical (unpaired) electrons. The molecule has 0 aliphatic heterocycles. The van der Waals surface area contributed by atoms with E-state index in [2.05, 4.69) is 4.72 Å². The first-order valence-corrected chi connectivity index (χ1v) is 7.17. The SMILES string of the molecule is COCCOCCNS(=O)(=O)c1cc(N)c(F)cc1F. The first kappa shape index (κ1) is 16.8. The molecule has 0 unspecified atom stereocenters. The maximum Gasteiger partial charge on any atom is 0.243 e. The van der Waals surface area contributed by atoms with Gasteiger partial charge in [-0.1, -0.05) is 0 Å². The summed E-state index contributed by atoms with van der Waals surface area (Å²) in [7, 11) is -2.60. The molecule has 0 amide bonds. The molecular weight excluding hydrogens is 294 g/mol. The summed E-state index contributed by atoms with van der Waals surface area (Å²) in [6.45, 7) is 0.746. The number of hydrogen-bond acceptors (Lipinski definition) is 5. The highest BCUT2D eigenvalue weighted by molar-refractivity contribution is 7.89. The van der Waals surface area contributed by atoms with Gasteiger partial charge in [-0.15, -0.1) is 0 Å². The van der Waals surface area contributed by atoms with Crippen LogP contribution < -0.4 is 10.5 Å². The van der Waals surface area contributed by atoms with Crippen molar-refractivity contribution in [3.05, 3.63) is 23.8 Å². The molecule has 1 aromatic rings. The maximum atomic E-state index is 13.4. The molecule has 114 valence electrons. The number of nitrogens with two attached hydrogens (primary N) is 1. The first-order valence-electron chi connectivity index (χ1n) is 5.69. The topological polar surface area (TPSA) is 90.6 Å². The summed E-state index contributed by atoms with van der Waals surface area (Å²) >= 11 is 0. The minimum Gasteiger partial charge on any atom is -0.396 e. The van der Waals surface area contributed by atoms with E-state index in [1.165, 1.54) is 7.11 Å². The fourth-order valence-corrected chi connectivity index (χ4v) is 2.43. The molecule has 3 N–H and O–H groups in total. The highest BCUT2D eigenvalue weighted by Crippen LogP contribution is 2.20. The Hall–Kier alpha value is -1.29. The van der Waals surface area contributed by atoms with Gasteiger partial charge in [-0.25, -0.2) is 21.9 Å². The van der Waals surface area contributed by atoms with Crippen molar-refractivity contribution in [1.82, 2.24) is 4.72 Å². The average molecular weight is 310 g/mol. The van der Waals surface area contributed by atoms with Crippen LogP contribution in [0.15, 0.2) is 17.0 Å².